The number of aryl methyl sites for hydroxylation is 1. The van der Waals surface area contributed by atoms with Gasteiger partial charge < -0.3 is 15.4 Å². The second kappa shape index (κ2) is 5.66. The van der Waals surface area contributed by atoms with Crippen LogP contribution in [0.3, 0.4) is 0 Å². The lowest BCUT2D eigenvalue weighted by Gasteiger charge is -2.15. The first-order valence-corrected chi connectivity index (χ1v) is 7.98. The van der Waals surface area contributed by atoms with Gasteiger partial charge in [-0.15, -0.1) is 11.3 Å². The second-order valence-corrected chi connectivity index (χ2v) is 6.76. The summed E-state index contributed by atoms with van der Waals surface area (Å²) in [6.45, 7) is 4.32. The van der Waals surface area contributed by atoms with Crippen molar-refractivity contribution < 1.29 is 9.53 Å². The molecule has 0 spiro atoms. The summed E-state index contributed by atoms with van der Waals surface area (Å²) in [4.78, 5) is 15.3. The first-order valence-electron chi connectivity index (χ1n) is 7.17. The first-order chi connectivity index (χ1) is 10.1. The zero-order chi connectivity index (χ0) is 15.0. The Labute approximate surface area is 128 Å². The highest BCUT2D eigenvalue weighted by molar-refractivity contribution is 7.21. The van der Waals surface area contributed by atoms with Gasteiger partial charge in [0.05, 0.1) is 12.3 Å². The fourth-order valence-electron chi connectivity index (χ4n) is 2.92. The summed E-state index contributed by atoms with van der Waals surface area (Å²) < 4.78 is 6.27. The van der Waals surface area contributed by atoms with Gasteiger partial charge in [0.1, 0.15) is 4.88 Å². The van der Waals surface area contributed by atoms with Crippen molar-refractivity contribution in [2.24, 2.45) is 5.92 Å². The molecule has 1 saturated heterocycles. The summed E-state index contributed by atoms with van der Waals surface area (Å²) >= 11 is 1.50. The summed E-state index contributed by atoms with van der Waals surface area (Å²) in [5.74, 6) is 0.502. The van der Waals surface area contributed by atoms with Gasteiger partial charge in [-0.2, -0.15) is 0 Å². The molecule has 112 valence electrons. The molecule has 2 aromatic rings. The maximum absolute atomic E-state index is 12.7. The molecular weight excluding hydrogens is 284 g/mol. The Morgan fingerprint density at radius 1 is 1.52 bits per heavy atom. The van der Waals surface area contributed by atoms with Crippen LogP contribution in [-0.4, -0.2) is 37.6 Å². The zero-order valence-electron chi connectivity index (χ0n) is 12.4. The molecule has 21 heavy (non-hydrogen) atoms. The van der Waals surface area contributed by atoms with Gasteiger partial charge >= 0.3 is 0 Å². The van der Waals surface area contributed by atoms with E-state index in [4.69, 9.17) is 10.5 Å². The number of likely N-dealkylation sites (tertiary alicyclic amines) is 1. The van der Waals surface area contributed by atoms with Crippen molar-refractivity contribution in [3.05, 3.63) is 28.6 Å². The highest BCUT2D eigenvalue weighted by Crippen LogP contribution is 2.35. The summed E-state index contributed by atoms with van der Waals surface area (Å²) in [6, 6.07) is 6.12. The quantitative estimate of drug-likeness (QED) is 0.948. The Bertz CT molecular complexity index is 680. The topological polar surface area (TPSA) is 55.6 Å². The van der Waals surface area contributed by atoms with E-state index in [-0.39, 0.29) is 5.91 Å². The Morgan fingerprint density at radius 2 is 2.33 bits per heavy atom. The number of carbonyl (C=O) groups excluding carboxylic acids is 1. The van der Waals surface area contributed by atoms with Gasteiger partial charge in [0.25, 0.3) is 5.91 Å². The second-order valence-electron chi connectivity index (χ2n) is 5.71. The summed E-state index contributed by atoms with van der Waals surface area (Å²) in [5.41, 5.74) is 7.99. The van der Waals surface area contributed by atoms with Crippen LogP contribution in [0.1, 0.15) is 21.7 Å². The van der Waals surface area contributed by atoms with Gasteiger partial charge in [-0.25, -0.2) is 0 Å². The Kier molecular flexibility index (Phi) is 3.87. The highest BCUT2D eigenvalue weighted by atomic mass is 32.1. The molecule has 1 aliphatic heterocycles. The van der Waals surface area contributed by atoms with E-state index in [0.29, 0.717) is 23.1 Å². The van der Waals surface area contributed by atoms with E-state index >= 15 is 0 Å². The van der Waals surface area contributed by atoms with Gasteiger partial charge in [0.2, 0.25) is 0 Å². The molecule has 2 N–H and O–H groups in total. The molecule has 0 aliphatic carbocycles. The van der Waals surface area contributed by atoms with E-state index in [1.54, 1.807) is 7.11 Å². The number of fused-ring (bicyclic) bond motifs is 1. The largest absolute Gasteiger partial charge is 0.397 e. The number of rotatable bonds is 3. The van der Waals surface area contributed by atoms with Crippen molar-refractivity contribution >= 4 is 33.0 Å². The third-order valence-corrected chi connectivity index (χ3v) is 5.21. The number of methoxy groups -OCH3 is 1. The molecule has 1 atom stereocenters. The van der Waals surface area contributed by atoms with E-state index in [1.165, 1.54) is 16.9 Å². The third kappa shape index (κ3) is 2.63. The molecule has 2 heterocycles. The highest BCUT2D eigenvalue weighted by Gasteiger charge is 2.29. The summed E-state index contributed by atoms with van der Waals surface area (Å²) in [6.07, 6.45) is 1.00. The van der Waals surface area contributed by atoms with Crippen LogP contribution in [0.5, 0.6) is 0 Å². The van der Waals surface area contributed by atoms with Crippen LogP contribution in [0.4, 0.5) is 5.69 Å². The van der Waals surface area contributed by atoms with Crippen LogP contribution < -0.4 is 5.73 Å². The Hall–Kier alpha value is -1.59. The zero-order valence-corrected chi connectivity index (χ0v) is 13.2. The molecule has 3 rings (SSSR count). The minimum absolute atomic E-state index is 0.0601. The smallest absolute Gasteiger partial charge is 0.266 e. The van der Waals surface area contributed by atoms with Crippen LogP contribution in [0.2, 0.25) is 0 Å². The van der Waals surface area contributed by atoms with Crippen LogP contribution >= 0.6 is 11.3 Å². The number of carbonyl (C=O) groups is 1. The molecule has 0 bridgehead atoms. The number of thiophene rings is 1. The van der Waals surface area contributed by atoms with Gasteiger partial charge in [-0.05, 0) is 25.0 Å². The van der Waals surface area contributed by atoms with Crippen molar-refractivity contribution in [3.8, 4) is 0 Å². The summed E-state index contributed by atoms with van der Waals surface area (Å²) in [7, 11) is 1.71. The SMILES string of the molecule is COCC1CCN(C(=O)c2sc3cc(C)ccc3c2N)C1. The normalized spacial score (nSPS) is 18.6. The van der Waals surface area contributed by atoms with Gasteiger partial charge in [-0.1, -0.05) is 12.1 Å². The molecule has 0 saturated carbocycles. The Morgan fingerprint density at radius 3 is 3.10 bits per heavy atom. The maximum atomic E-state index is 12.7. The number of anilines is 1. The molecule has 1 unspecified atom stereocenters. The van der Waals surface area contributed by atoms with Crippen LogP contribution in [0.15, 0.2) is 18.2 Å². The number of nitrogen functional groups attached to an aromatic ring is 1. The van der Waals surface area contributed by atoms with Gasteiger partial charge in [0.15, 0.2) is 0 Å². The molecule has 1 amide bonds. The Balaban J connectivity index is 1.87. The van der Waals surface area contributed by atoms with E-state index in [2.05, 4.69) is 6.07 Å². The maximum Gasteiger partial charge on any atom is 0.266 e. The number of nitrogens with two attached hydrogens (primary N) is 1. The lowest BCUT2D eigenvalue weighted by Crippen LogP contribution is -2.29. The monoisotopic (exact) mass is 304 g/mol. The standard InChI is InChI=1S/C16H20N2O2S/c1-10-3-4-12-13(7-10)21-15(14(12)17)16(19)18-6-5-11(8-18)9-20-2/h3-4,7,11H,5-6,8-9,17H2,1-2H3. The molecule has 5 heteroatoms. The fraction of sp³-hybridized carbons (Fsp3) is 0.438. The van der Waals surface area contributed by atoms with E-state index < -0.39 is 0 Å². The van der Waals surface area contributed by atoms with Crippen molar-refractivity contribution in [1.29, 1.82) is 0 Å². The summed E-state index contributed by atoms with van der Waals surface area (Å²) in [5, 5.41) is 0.988. The molecule has 1 fully saturated rings. The van der Waals surface area contributed by atoms with Crippen LogP contribution in [0, 0.1) is 12.8 Å². The molecule has 1 aromatic carbocycles. The van der Waals surface area contributed by atoms with Crippen molar-refractivity contribution in [2.45, 2.75) is 13.3 Å². The molecular formula is C16H20N2O2S. The number of nitrogens with zero attached hydrogens (tertiary/aromatic N) is 1. The van der Waals surface area contributed by atoms with Crippen molar-refractivity contribution in [1.82, 2.24) is 4.90 Å². The van der Waals surface area contributed by atoms with Crippen molar-refractivity contribution in [3.63, 3.8) is 0 Å². The van der Waals surface area contributed by atoms with E-state index in [9.17, 15) is 4.79 Å². The molecule has 0 radical (unpaired) electrons. The minimum atomic E-state index is 0.0601. The van der Waals surface area contributed by atoms with E-state index in [1.807, 2.05) is 24.0 Å². The lowest BCUT2D eigenvalue weighted by molar-refractivity contribution is 0.0781. The minimum Gasteiger partial charge on any atom is -0.397 e. The third-order valence-electron chi connectivity index (χ3n) is 4.05. The van der Waals surface area contributed by atoms with Crippen LogP contribution in [-0.2, 0) is 4.74 Å². The van der Waals surface area contributed by atoms with Gasteiger partial charge in [-0.3, -0.25) is 4.79 Å². The van der Waals surface area contributed by atoms with Crippen molar-refractivity contribution in [2.75, 3.05) is 32.5 Å². The molecule has 4 nitrogen and oxygen atoms in total. The fourth-order valence-corrected chi connectivity index (χ4v) is 4.10. The number of hydrogen-bond acceptors (Lipinski definition) is 4. The predicted molar refractivity (Wildman–Crippen MR) is 86.9 cm³/mol. The average Bonchev–Trinajstić information content (AvgIpc) is 3.04. The average molecular weight is 304 g/mol. The lowest BCUT2D eigenvalue weighted by atomic mass is 10.1. The molecule has 1 aromatic heterocycles. The number of benzene rings is 1. The van der Waals surface area contributed by atoms with E-state index in [0.717, 1.165) is 29.6 Å². The van der Waals surface area contributed by atoms with Crippen LogP contribution in [0.25, 0.3) is 10.1 Å². The van der Waals surface area contributed by atoms with Gasteiger partial charge in [0, 0.05) is 36.2 Å². The number of hydrogen-bond donors (Lipinski definition) is 1. The molecule has 1 aliphatic rings. The number of ether oxygens (including phenoxy) is 1. The predicted octanol–water partition coefficient (Wildman–Crippen LogP) is 2.90. The number of amides is 1. The first kappa shape index (κ1) is 14.4.